The van der Waals surface area contributed by atoms with Crippen molar-refractivity contribution in [1.29, 1.82) is 5.41 Å². The molecule has 1 saturated carbocycles. The first-order valence-electron chi connectivity index (χ1n) is 8.72. The molecular weight excluding hydrogens is 262 g/mol. The molecule has 2 rings (SSSR count). The van der Waals surface area contributed by atoms with Crippen LogP contribution >= 0.6 is 0 Å². The van der Waals surface area contributed by atoms with Crippen molar-refractivity contribution < 1.29 is 4.74 Å². The number of nitrogens with two attached hydrogens (primary N) is 1. The molecule has 4 nitrogen and oxygen atoms in total. The molecule has 2 aliphatic rings. The van der Waals surface area contributed by atoms with Crippen LogP contribution in [0, 0.1) is 11.3 Å². The zero-order valence-electron chi connectivity index (χ0n) is 13.9. The van der Waals surface area contributed by atoms with E-state index in [1.165, 1.54) is 44.9 Å². The standard InChI is InChI=1S/C17H33N3O/c1-14(2)12-20(11-7-16(18)19)13-15-6-10-17(21-15)8-4-3-5-9-17/h14-15H,3-13H2,1-2H3,(H3,18,19). The summed E-state index contributed by atoms with van der Waals surface area (Å²) in [5.74, 6) is 0.932. The summed E-state index contributed by atoms with van der Waals surface area (Å²) in [5, 5.41) is 7.43. The third-order valence-corrected chi connectivity index (χ3v) is 4.89. The lowest BCUT2D eigenvalue weighted by Gasteiger charge is -2.34. The summed E-state index contributed by atoms with van der Waals surface area (Å²) in [5.41, 5.74) is 5.73. The highest BCUT2D eigenvalue weighted by molar-refractivity contribution is 5.76. The maximum atomic E-state index is 7.43. The van der Waals surface area contributed by atoms with Gasteiger partial charge in [-0.2, -0.15) is 0 Å². The maximum Gasteiger partial charge on any atom is 0.0918 e. The van der Waals surface area contributed by atoms with Gasteiger partial charge < -0.3 is 15.4 Å². The molecule has 1 heterocycles. The Labute approximate surface area is 129 Å². The molecule has 1 unspecified atom stereocenters. The van der Waals surface area contributed by atoms with E-state index in [-0.39, 0.29) is 5.60 Å². The molecule has 1 saturated heterocycles. The van der Waals surface area contributed by atoms with Crippen LogP contribution in [0.2, 0.25) is 0 Å². The fourth-order valence-electron chi connectivity index (χ4n) is 3.93. The third kappa shape index (κ3) is 5.26. The molecule has 1 aliphatic heterocycles. The molecular formula is C17H33N3O. The van der Waals surface area contributed by atoms with Gasteiger partial charge in [0.1, 0.15) is 0 Å². The monoisotopic (exact) mass is 295 g/mol. The van der Waals surface area contributed by atoms with Crippen LogP contribution < -0.4 is 5.73 Å². The Morgan fingerprint density at radius 2 is 2.00 bits per heavy atom. The smallest absolute Gasteiger partial charge is 0.0918 e. The number of amidine groups is 1. The Hall–Kier alpha value is -0.610. The van der Waals surface area contributed by atoms with Gasteiger partial charge in [-0.3, -0.25) is 5.41 Å². The molecule has 1 spiro atoms. The first kappa shape index (κ1) is 16.8. The molecule has 0 amide bonds. The minimum atomic E-state index is 0.215. The summed E-state index contributed by atoms with van der Waals surface area (Å²) >= 11 is 0. The van der Waals surface area contributed by atoms with Gasteiger partial charge in [0.15, 0.2) is 0 Å². The minimum Gasteiger partial charge on any atom is -0.388 e. The number of ether oxygens (including phenoxy) is 1. The second kappa shape index (κ2) is 7.59. The lowest BCUT2D eigenvalue weighted by atomic mass is 9.83. The van der Waals surface area contributed by atoms with E-state index >= 15 is 0 Å². The quantitative estimate of drug-likeness (QED) is 0.560. The van der Waals surface area contributed by atoms with Gasteiger partial charge in [0.2, 0.25) is 0 Å². The normalized spacial score (nSPS) is 25.0. The number of nitrogens with zero attached hydrogens (tertiary/aromatic N) is 1. The van der Waals surface area contributed by atoms with Gasteiger partial charge in [0, 0.05) is 26.1 Å². The SMILES string of the molecule is CC(C)CN(CCC(=N)N)CC1CCC2(CCCCC2)O1. The van der Waals surface area contributed by atoms with Gasteiger partial charge >= 0.3 is 0 Å². The highest BCUT2D eigenvalue weighted by Gasteiger charge is 2.41. The molecule has 0 aromatic heterocycles. The Morgan fingerprint density at radius 1 is 1.29 bits per heavy atom. The zero-order chi connectivity index (χ0) is 15.3. The Bertz CT molecular complexity index is 337. The fourth-order valence-corrected chi connectivity index (χ4v) is 3.93. The second-order valence-corrected chi connectivity index (χ2v) is 7.45. The van der Waals surface area contributed by atoms with Crippen molar-refractivity contribution in [3.63, 3.8) is 0 Å². The van der Waals surface area contributed by atoms with Gasteiger partial charge in [-0.15, -0.1) is 0 Å². The van der Waals surface area contributed by atoms with Crippen LogP contribution in [-0.2, 0) is 4.74 Å². The van der Waals surface area contributed by atoms with Crippen molar-refractivity contribution in [2.75, 3.05) is 19.6 Å². The largest absolute Gasteiger partial charge is 0.388 e. The van der Waals surface area contributed by atoms with E-state index in [0.717, 1.165) is 19.6 Å². The molecule has 2 fully saturated rings. The van der Waals surface area contributed by atoms with Crippen LogP contribution in [0.15, 0.2) is 0 Å². The van der Waals surface area contributed by atoms with Crippen molar-refractivity contribution in [2.45, 2.75) is 76.9 Å². The van der Waals surface area contributed by atoms with Gasteiger partial charge in [-0.1, -0.05) is 33.1 Å². The van der Waals surface area contributed by atoms with Crippen LogP contribution in [0.3, 0.4) is 0 Å². The minimum absolute atomic E-state index is 0.215. The lowest BCUT2D eigenvalue weighted by Crippen LogP contribution is -2.39. The Kier molecular flexibility index (Phi) is 6.06. The molecule has 0 radical (unpaired) electrons. The highest BCUT2D eigenvalue weighted by Crippen LogP contribution is 2.42. The molecule has 1 atom stereocenters. The fraction of sp³-hybridized carbons (Fsp3) is 0.941. The van der Waals surface area contributed by atoms with Gasteiger partial charge in [0.25, 0.3) is 0 Å². The summed E-state index contributed by atoms with van der Waals surface area (Å²) in [4.78, 5) is 2.44. The van der Waals surface area contributed by atoms with Crippen LogP contribution in [-0.4, -0.2) is 42.1 Å². The van der Waals surface area contributed by atoms with Crippen LogP contribution in [0.25, 0.3) is 0 Å². The number of hydrogen-bond acceptors (Lipinski definition) is 3. The highest BCUT2D eigenvalue weighted by atomic mass is 16.5. The van der Waals surface area contributed by atoms with Gasteiger partial charge in [-0.25, -0.2) is 0 Å². The van der Waals surface area contributed by atoms with E-state index in [2.05, 4.69) is 18.7 Å². The summed E-state index contributed by atoms with van der Waals surface area (Å²) < 4.78 is 6.48. The predicted molar refractivity (Wildman–Crippen MR) is 87.7 cm³/mol. The van der Waals surface area contributed by atoms with Crippen molar-refractivity contribution >= 4 is 5.84 Å². The molecule has 4 heteroatoms. The average molecular weight is 295 g/mol. The van der Waals surface area contributed by atoms with E-state index in [0.29, 0.717) is 24.3 Å². The number of hydrogen-bond donors (Lipinski definition) is 2. The van der Waals surface area contributed by atoms with E-state index in [4.69, 9.17) is 15.9 Å². The Morgan fingerprint density at radius 3 is 2.62 bits per heavy atom. The number of nitrogens with one attached hydrogen (secondary N) is 1. The van der Waals surface area contributed by atoms with Crippen LogP contribution in [0.1, 0.15) is 65.2 Å². The molecule has 21 heavy (non-hydrogen) atoms. The van der Waals surface area contributed by atoms with Crippen molar-refractivity contribution in [1.82, 2.24) is 4.90 Å². The van der Waals surface area contributed by atoms with Crippen molar-refractivity contribution in [3.05, 3.63) is 0 Å². The van der Waals surface area contributed by atoms with Crippen molar-refractivity contribution in [2.24, 2.45) is 11.7 Å². The van der Waals surface area contributed by atoms with E-state index < -0.39 is 0 Å². The molecule has 0 aromatic rings. The van der Waals surface area contributed by atoms with E-state index in [9.17, 15) is 0 Å². The molecule has 3 N–H and O–H groups in total. The summed E-state index contributed by atoms with van der Waals surface area (Å²) in [6.45, 7) is 7.46. The predicted octanol–water partition coefficient (Wildman–Crippen LogP) is 3.15. The van der Waals surface area contributed by atoms with Gasteiger partial charge in [0.05, 0.1) is 17.5 Å². The zero-order valence-corrected chi connectivity index (χ0v) is 13.9. The maximum absolute atomic E-state index is 7.43. The van der Waals surface area contributed by atoms with E-state index in [1.807, 2.05) is 0 Å². The average Bonchev–Trinajstić information content (AvgIpc) is 2.79. The topological polar surface area (TPSA) is 62.3 Å². The van der Waals surface area contributed by atoms with Crippen molar-refractivity contribution in [3.8, 4) is 0 Å². The molecule has 0 aromatic carbocycles. The summed E-state index contributed by atoms with van der Waals surface area (Å²) in [7, 11) is 0. The second-order valence-electron chi connectivity index (χ2n) is 7.45. The summed E-state index contributed by atoms with van der Waals surface area (Å²) in [6, 6.07) is 0. The first-order valence-corrected chi connectivity index (χ1v) is 8.72. The van der Waals surface area contributed by atoms with Gasteiger partial charge in [-0.05, 0) is 31.6 Å². The molecule has 1 aliphatic carbocycles. The summed E-state index contributed by atoms with van der Waals surface area (Å²) in [6.07, 6.45) is 10.1. The van der Waals surface area contributed by atoms with Crippen LogP contribution in [0.4, 0.5) is 0 Å². The Balaban J connectivity index is 1.83. The third-order valence-electron chi connectivity index (χ3n) is 4.89. The first-order chi connectivity index (χ1) is 9.99. The van der Waals surface area contributed by atoms with Crippen LogP contribution in [0.5, 0.6) is 0 Å². The number of rotatable bonds is 7. The molecule has 0 bridgehead atoms. The van der Waals surface area contributed by atoms with E-state index in [1.54, 1.807) is 0 Å². The lowest BCUT2D eigenvalue weighted by molar-refractivity contribution is -0.0722. The molecule has 122 valence electrons.